The van der Waals surface area contributed by atoms with Gasteiger partial charge in [-0.25, -0.2) is 0 Å². The molecule has 3 rings (SSSR count). The Bertz CT molecular complexity index is 614. The van der Waals surface area contributed by atoms with Crippen LogP contribution in [0.5, 0.6) is 5.75 Å². The minimum atomic E-state index is -4.74. The highest BCUT2D eigenvalue weighted by Gasteiger charge is 2.55. The highest BCUT2D eigenvalue weighted by molar-refractivity contribution is 5.94. The highest BCUT2D eigenvalue weighted by atomic mass is 19.4. The van der Waals surface area contributed by atoms with Crippen LogP contribution in [0.1, 0.15) is 19.8 Å². The summed E-state index contributed by atoms with van der Waals surface area (Å²) >= 11 is 0. The molecule has 0 bridgehead atoms. The fraction of sp³-hybridized carbons (Fsp3) is 0.562. The molecule has 1 aromatic rings. The van der Waals surface area contributed by atoms with E-state index < -0.39 is 18.5 Å². The van der Waals surface area contributed by atoms with Crippen molar-refractivity contribution in [2.75, 3.05) is 18.4 Å². The molecule has 1 saturated carbocycles. The molecular weight excluding hydrogens is 325 g/mol. The van der Waals surface area contributed by atoms with Gasteiger partial charge in [-0.15, -0.1) is 13.2 Å². The largest absolute Gasteiger partial charge is 0.573 e. The van der Waals surface area contributed by atoms with Crippen molar-refractivity contribution in [1.29, 1.82) is 0 Å². The van der Waals surface area contributed by atoms with Crippen molar-refractivity contribution >= 4 is 11.6 Å². The Morgan fingerprint density at radius 2 is 2.00 bits per heavy atom. The second-order valence-corrected chi connectivity index (χ2v) is 6.55. The molecule has 1 aliphatic heterocycles. The van der Waals surface area contributed by atoms with Gasteiger partial charge >= 0.3 is 6.36 Å². The molecule has 1 aromatic carbocycles. The molecule has 2 aliphatic rings. The average Bonchev–Trinajstić information content (AvgIpc) is 3.19. The molecule has 132 valence electrons. The van der Waals surface area contributed by atoms with Gasteiger partial charge in [0.05, 0.1) is 12.1 Å². The van der Waals surface area contributed by atoms with E-state index in [-0.39, 0.29) is 17.1 Å². The molecule has 0 aromatic heterocycles. The molecular formula is C16H19F3N2O3. The van der Waals surface area contributed by atoms with Gasteiger partial charge in [-0.1, -0.05) is 0 Å². The molecule has 0 radical (unpaired) electrons. The van der Waals surface area contributed by atoms with E-state index in [0.717, 1.165) is 25.0 Å². The van der Waals surface area contributed by atoms with Crippen LogP contribution in [0.3, 0.4) is 0 Å². The number of alkyl halides is 3. The maximum atomic E-state index is 12.3. The van der Waals surface area contributed by atoms with Crippen LogP contribution in [-0.4, -0.2) is 47.5 Å². The number of aliphatic hydroxyl groups excluding tert-OH is 1. The molecule has 2 atom stereocenters. The highest BCUT2D eigenvalue weighted by Crippen LogP contribution is 2.53. The predicted molar refractivity (Wildman–Crippen MR) is 80.5 cm³/mol. The molecule has 2 N–H and O–H groups in total. The lowest BCUT2D eigenvalue weighted by molar-refractivity contribution is -0.274. The van der Waals surface area contributed by atoms with Crippen molar-refractivity contribution in [3.05, 3.63) is 24.3 Å². The third-order valence-corrected chi connectivity index (χ3v) is 4.81. The number of carbonyl (C=O) groups is 1. The molecule has 8 heteroatoms. The molecule has 1 aliphatic carbocycles. The summed E-state index contributed by atoms with van der Waals surface area (Å²) < 4.78 is 40.1. The Morgan fingerprint density at radius 1 is 1.38 bits per heavy atom. The zero-order valence-electron chi connectivity index (χ0n) is 13.1. The molecule has 1 heterocycles. The second kappa shape index (κ2) is 5.93. The van der Waals surface area contributed by atoms with Gasteiger partial charge in [-0.05, 0) is 44.0 Å². The van der Waals surface area contributed by atoms with E-state index in [1.165, 1.54) is 12.1 Å². The fourth-order valence-electron chi connectivity index (χ4n) is 3.09. The van der Waals surface area contributed by atoms with Gasteiger partial charge in [-0.2, -0.15) is 0 Å². The quantitative estimate of drug-likeness (QED) is 0.880. The Hall–Kier alpha value is -1.80. The zero-order valence-corrected chi connectivity index (χ0v) is 13.1. The molecule has 24 heavy (non-hydrogen) atoms. The van der Waals surface area contributed by atoms with Crippen molar-refractivity contribution in [2.24, 2.45) is 5.41 Å². The lowest BCUT2D eigenvalue weighted by Crippen LogP contribution is -2.41. The monoisotopic (exact) mass is 344 g/mol. The SMILES string of the molecule is CC(C(=O)Nc1ccc(OC(F)(F)F)cc1)N1CC(O)C2(CC2)C1. The molecule has 5 nitrogen and oxygen atoms in total. The minimum Gasteiger partial charge on any atom is -0.406 e. The standard InChI is InChI=1S/C16H19F3N2O3/c1-10(21-8-13(22)15(9-21)6-7-15)14(23)20-11-2-4-12(5-3-11)24-16(17,18)19/h2-5,10,13,22H,6-9H2,1H3,(H,20,23). The number of hydrogen-bond acceptors (Lipinski definition) is 4. The van der Waals surface area contributed by atoms with E-state index >= 15 is 0 Å². The summed E-state index contributed by atoms with van der Waals surface area (Å²) in [6.45, 7) is 2.92. The van der Waals surface area contributed by atoms with Crippen LogP contribution in [0.4, 0.5) is 18.9 Å². The van der Waals surface area contributed by atoms with Gasteiger partial charge in [0, 0.05) is 24.2 Å². The molecule has 1 saturated heterocycles. The van der Waals surface area contributed by atoms with Crippen molar-refractivity contribution in [1.82, 2.24) is 4.90 Å². The minimum absolute atomic E-state index is 0.0366. The number of rotatable bonds is 4. The number of ether oxygens (including phenoxy) is 1. The van der Waals surface area contributed by atoms with E-state index in [2.05, 4.69) is 10.1 Å². The van der Waals surface area contributed by atoms with Gasteiger partial charge in [0.25, 0.3) is 0 Å². The number of nitrogens with one attached hydrogen (secondary N) is 1. The summed E-state index contributed by atoms with van der Waals surface area (Å²) in [6, 6.07) is 4.57. The first-order valence-corrected chi connectivity index (χ1v) is 7.77. The third kappa shape index (κ3) is 3.64. The number of aliphatic hydroxyl groups is 1. The van der Waals surface area contributed by atoms with Crippen molar-refractivity contribution in [3.63, 3.8) is 0 Å². The summed E-state index contributed by atoms with van der Waals surface area (Å²) in [6.07, 6.45) is -3.17. The number of likely N-dealkylation sites (tertiary alicyclic amines) is 1. The summed E-state index contributed by atoms with van der Waals surface area (Å²) in [5, 5.41) is 12.7. The van der Waals surface area contributed by atoms with E-state index in [1.807, 2.05) is 4.90 Å². The first-order valence-electron chi connectivity index (χ1n) is 7.77. The Morgan fingerprint density at radius 3 is 2.50 bits per heavy atom. The number of β-amino-alcohol motifs (C(OH)–C–C–N with tert-alkyl or cyclic N) is 1. The lowest BCUT2D eigenvalue weighted by atomic mass is 10.0. The first kappa shape index (κ1) is 17.0. The average molecular weight is 344 g/mol. The lowest BCUT2D eigenvalue weighted by Gasteiger charge is -2.23. The Labute approximate surface area is 137 Å². The maximum absolute atomic E-state index is 12.3. The summed E-state index contributed by atoms with van der Waals surface area (Å²) in [5.74, 6) is -0.601. The topological polar surface area (TPSA) is 61.8 Å². The maximum Gasteiger partial charge on any atom is 0.573 e. The summed E-state index contributed by atoms with van der Waals surface area (Å²) in [5.41, 5.74) is 0.354. The first-order chi connectivity index (χ1) is 11.2. The van der Waals surface area contributed by atoms with Gasteiger partial charge in [0.2, 0.25) is 5.91 Å². The number of carbonyl (C=O) groups excluding carboxylic acids is 1. The number of benzene rings is 1. The number of halogens is 3. The van der Waals surface area contributed by atoms with Crippen LogP contribution >= 0.6 is 0 Å². The number of anilines is 1. The predicted octanol–water partition coefficient (Wildman–Crippen LogP) is 2.37. The number of amides is 1. The third-order valence-electron chi connectivity index (χ3n) is 4.81. The van der Waals surface area contributed by atoms with E-state index in [1.54, 1.807) is 6.92 Å². The van der Waals surface area contributed by atoms with Gasteiger partial charge < -0.3 is 15.2 Å². The summed E-state index contributed by atoms with van der Waals surface area (Å²) in [7, 11) is 0. The summed E-state index contributed by atoms with van der Waals surface area (Å²) in [4.78, 5) is 14.2. The van der Waals surface area contributed by atoms with Crippen molar-refractivity contribution in [3.8, 4) is 5.75 Å². The van der Waals surface area contributed by atoms with Gasteiger partial charge in [0.15, 0.2) is 0 Å². The van der Waals surface area contributed by atoms with Crippen molar-refractivity contribution in [2.45, 2.75) is 38.3 Å². The van der Waals surface area contributed by atoms with Crippen LogP contribution in [0, 0.1) is 5.41 Å². The van der Waals surface area contributed by atoms with Gasteiger partial charge in [-0.3, -0.25) is 9.69 Å². The van der Waals surface area contributed by atoms with Crippen LogP contribution in [-0.2, 0) is 4.79 Å². The molecule has 2 unspecified atom stereocenters. The number of nitrogens with zero attached hydrogens (tertiary/aromatic N) is 1. The van der Waals surface area contributed by atoms with E-state index in [9.17, 15) is 23.1 Å². The van der Waals surface area contributed by atoms with E-state index in [4.69, 9.17) is 0 Å². The Balaban J connectivity index is 1.56. The molecule has 1 amide bonds. The Kier molecular flexibility index (Phi) is 4.21. The molecule has 1 spiro atoms. The van der Waals surface area contributed by atoms with Crippen LogP contribution in [0.25, 0.3) is 0 Å². The fourth-order valence-corrected chi connectivity index (χ4v) is 3.09. The second-order valence-electron chi connectivity index (χ2n) is 6.55. The normalized spacial score (nSPS) is 24.0. The van der Waals surface area contributed by atoms with Crippen LogP contribution in [0.2, 0.25) is 0 Å². The van der Waals surface area contributed by atoms with Crippen LogP contribution in [0.15, 0.2) is 24.3 Å². The van der Waals surface area contributed by atoms with Crippen LogP contribution < -0.4 is 10.1 Å². The van der Waals surface area contributed by atoms with Crippen molar-refractivity contribution < 1.29 is 27.8 Å². The molecule has 2 fully saturated rings. The van der Waals surface area contributed by atoms with Gasteiger partial charge in [0.1, 0.15) is 5.75 Å². The smallest absolute Gasteiger partial charge is 0.406 e. The number of hydrogen-bond donors (Lipinski definition) is 2. The zero-order chi connectivity index (χ0) is 17.5. The van der Waals surface area contributed by atoms with E-state index in [0.29, 0.717) is 18.8 Å².